The average Bonchev–Trinajstić information content (AvgIpc) is 2.26. The number of nitrogens with zero attached hydrogens (tertiary/aromatic N) is 2. The monoisotopic (exact) mass is 346 g/mol. The first-order valence-corrected chi connectivity index (χ1v) is 6.15. The average molecular weight is 346 g/mol. The van der Waals surface area contributed by atoms with Gasteiger partial charge in [0.1, 0.15) is 0 Å². The smallest absolute Gasteiger partial charge is 0.254 e. The van der Waals surface area contributed by atoms with E-state index in [1.165, 1.54) is 9.80 Å². The first-order chi connectivity index (χ1) is 7.84. The molecule has 1 aromatic carbocycles. The highest BCUT2D eigenvalue weighted by Gasteiger charge is 2.15. The maximum Gasteiger partial charge on any atom is 0.254 e. The van der Waals surface area contributed by atoms with Gasteiger partial charge in [0.15, 0.2) is 0 Å². The fraction of sp³-hybridized carbons (Fsp3) is 0.333. The van der Waals surface area contributed by atoms with E-state index in [9.17, 15) is 9.59 Å². The quantitative estimate of drug-likeness (QED) is 0.765. The van der Waals surface area contributed by atoms with E-state index >= 15 is 0 Å². The van der Waals surface area contributed by atoms with Gasteiger partial charge in [-0.25, -0.2) is 0 Å². The molecule has 1 aromatic rings. The van der Waals surface area contributed by atoms with Crippen molar-refractivity contribution in [1.29, 1.82) is 0 Å². The molecule has 0 N–H and O–H groups in total. The number of carbonyl (C=O) groups excluding carboxylic acids is 2. The van der Waals surface area contributed by atoms with Crippen LogP contribution in [0.2, 0.25) is 0 Å². The van der Waals surface area contributed by atoms with E-state index in [0.29, 0.717) is 11.1 Å². The molecule has 0 spiro atoms. The van der Waals surface area contributed by atoms with Crippen molar-refractivity contribution in [3.05, 3.63) is 32.9 Å². The Balaban J connectivity index is 3.10. The van der Waals surface area contributed by atoms with Crippen LogP contribution in [0.25, 0.3) is 0 Å². The lowest BCUT2D eigenvalue weighted by molar-refractivity contribution is 0.0815. The largest absolute Gasteiger partial charge is 0.345 e. The summed E-state index contributed by atoms with van der Waals surface area (Å²) >= 11 is 2.07. The van der Waals surface area contributed by atoms with Crippen LogP contribution in [0, 0.1) is 3.57 Å². The lowest BCUT2D eigenvalue weighted by Crippen LogP contribution is -2.24. The Labute approximate surface area is 115 Å². The molecule has 0 unspecified atom stereocenters. The van der Waals surface area contributed by atoms with Gasteiger partial charge in [-0.05, 0) is 40.8 Å². The maximum atomic E-state index is 11.8. The lowest BCUT2D eigenvalue weighted by atomic mass is 10.1. The molecule has 17 heavy (non-hydrogen) atoms. The molecule has 0 aromatic heterocycles. The maximum absolute atomic E-state index is 11.8. The van der Waals surface area contributed by atoms with Crippen molar-refractivity contribution in [3.63, 3.8) is 0 Å². The van der Waals surface area contributed by atoms with Crippen molar-refractivity contribution in [1.82, 2.24) is 9.80 Å². The number of benzene rings is 1. The standard InChI is InChI=1S/C12H15IN2O2/c1-14(2)11(16)8-5-6-9(10(13)7-8)12(17)15(3)4/h5-7H,1-4H3. The number of rotatable bonds is 2. The van der Waals surface area contributed by atoms with Crippen molar-refractivity contribution in [3.8, 4) is 0 Å². The SMILES string of the molecule is CN(C)C(=O)c1ccc(C(=O)N(C)C)c(I)c1. The first-order valence-electron chi connectivity index (χ1n) is 5.07. The van der Waals surface area contributed by atoms with Crippen LogP contribution in [0.1, 0.15) is 20.7 Å². The Kier molecular flexibility index (Phi) is 4.50. The van der Waals surface area contributed by atoms with Gasteiger partial charge in [0.05, 0.1) is 5.56 Å². The summed E-state index contributed by atoms with van der Waals surface area (Å²) in [4.78, 5) is 26.6. The molecule has 1 rings (SSSR count). The van der Waals surface area contributed by atoms with E-state index in [2.05, 4.69) is 22.6 Å². The van der Waals surface area contributed by atoms with Crippen LogP contribution in [0.5, 0.6) is 0 Å². The molecule has 0 aliphatic heterocycles. The summed E-state index contributed by atoms with van der Waals surface area (Å²) < 4.78 is 0.786. The molecule has 0 aliphatic carbocycles. The Hall–Kier alpha value is -1.11. The molecule has 2 amide bonds. The van der Waals surface area contributed by atoms with Gasteiger partial charge in [0, 0.05) is 37.3 Å². The second kappa shape index (κ2) is 5.48. The molecule has 0 fully saturated rings. The van der Waals surface area contributed by atoms with E-state index in [1.54, 1.807) is 46.4 Å². The van der Waals surface area contributed by atoms with Crippen LogP contribution in [0.3, 0.4) is 0 Å². The van der Waals surface area contributed by atoms with Gasteiger partial charge in [-0.1, -0.05) is 0 Å². The minimum absolute atomic E-state index is 0.0572. The third-order valence-corrected chi connectivity index (χ3v) is 3.15. The minimum Gasteiger partial charge on any atom is -0.345 e. The van der Waals surface area contributed by atoms with Gasteiger partial charge >= 0.3 is 0 Å². The Bertz CT molecular complexity index is 456. The van der Waals surface area contributed by atoms with Crippen LogP contribution in [0.15, 0.2) is 18.2 Å². The number of carbonyl (C=O) groups is 2. The van der Waals surface area contributed by atoms with Crippen molar-refractivity contribution in [2.24, 2.45) is 0 Å². The zero-order chi connectivity index (χ0) is 13.2. The van der Waals surface area contributed by atoms with Gasteiger partial charge in [0.2, 0.25) is 0 Å². The van der Waals surface area contributed by atoms with Crippen molar-refractivity contribution >= 4 is 34.4 Å². The first kappa shape index (κ1) is 14.0. The molecule has 5 heteroatoms. The highest BCUT2D eigenvalue weighted by molar-refractivity contribution is 14.1. The van der Waals surface area contributed by atoms with Crippen molar-refractivity contribution < 1.29 is 9.59 Å². The van der Waals surface area contributed by atoms with Crippen LogP contribution >= 0.6 is 22.6 Å². The number of halogens is 1. The van der Waals surface area contributed by atoms with Crippen molar-refractivity contribution in [2.45, 2.75) is 0 Å². The van der Waals surface area contributed by atoms with Gasteiger partial charge < -0.3 is 9.80 Å². The van der Waals surface area contributed by atoms with Gasteiger partial charge in [0.25, 0.3) is 11.8 Å². The predicted molar refractivity (Wildman–Crippen MR) is 75.2 cm³/mol. The van der Waals surface area contributed by atoms with E-state index < -0.39 is 0 Å². The van der Waals surface area contributed by atoms with E-state index in [1.807, 2.05) is 0 Å². The highest BCUT2D eigenvalue weighted by Crippen LogP contribution is 2.16. The molecule has 0 saturated heterocycles. The fourth-order valence-electron chi connectivity index (χ4n) is 1.32. The predicted octanol–water partition coefficient (Wildman–Crippen LogP) is 1.69. The van der Waals surface area contributed by atoms with Gasteiger partial charge in [-0.3, -0.25) is 9.59 Å². The summed E-state index contributed by atoms with van der Waals surface area (Å²) in [6.45, 7) is 0. The topological polar surface area (TPSA) is 40.6 Å². The molecule has 0 saturated carbocycles. The summed E-state index contributed by atoms with van der Waals surface area (Å²) in [5.41, 5.74) is 1.21. The summed E-state index contributed by atoms with van der Waals surface area (Å²) in [6.07, 6.45) is 0. The second-order valence-electron chi connectivity index (χ2n) is 4.09. The molecule has 4 nitrogen and oxygen atoms in total. The Morgan fingerprint density at radius 2 is 1.53 bits per heavy atom. The van der Waals surface area contributed by atoms with Crippen LogP contribution in [0.4, 0.5) is 0 Å². The van der Waals surface area contributed by atoms with Gasteiger partial charge in [-0.2, -0.15) is 0 Å². The van der Waals surface area contributed by atoms with E-state index in [0.717, 1.165) is 3.57 Å². The third-order valence-electron chi connectivity index (χ3n) is 2.26. The van der Waals surface area contributed by atoms with Crippen LogP contribution in [-0.2, 0) is 0 Å². The molecule has 0 radical (unpaired) electrons. The number of amides is 2. The molecule has 92 valence electrons. The molecule has 0 heterocycles. The molecule has 0 aliphatic rings. The normalized spacial score (nSPS) is 9.94. The zero-order valence-corrected chi connectivity index (χ0v) is 12.5. The Morgan fingerprint density at radius 1 is 1.00 bits per heavy atom. The van der Waals surface area contributed by atoms with Crippen LogP contribution < -0.4 is 0 Å². The summed E-state index contributed by atoms with van der Waals surface area (Å²) in [5, 5.41) is 0. The second-order valence-corrected chi connectivity index (χ2v) is 5.26. The number of hydrogen-bond donors (Lipinski definition) is 0. The third kappa shape index (κ3) is 3.18. The van der Waals surface area contributed by atoms with Crippen LogP contribution in [-0.4, -0.2) is 49.8 Å². The number of hydrogen-bond acceptors (Lipinski definition) is 2. The van der Waals surface area contributed by atoms with Gasteiger partial charge in [-0.15, -0.1) is 0 Å². The highest BCUT2D eigenvalue weighted by atomic mass is 127. The fourth-order valence-corrected chi connectivity index (χ4v) is 2.07. The summed E-state index contributed by atoms with van der Waals surface area (Å²) in [6, 6.07) is 5.11. The van der Waals surface area contributed by atoms with Crippen molar-refractivity contribution in [2.75, 3.05) is 28.2 Å². The minimum atomic E-state index is -0.0632. The molecular formula is C12H15IN2O2. The Morgan fingerprint density at radius 3 is 1.94 bits per heavy atom. The molecule has 0 bridgehead atoms. The summed E-state index contributed by atoms with van der Waals surface area (Å²) in [7, 11) is 6.82. The summed E-state index contributed by atoms with van der Waals surface area (Å²) in [5.74, 6) is -0.120. The van der Waals surface area contributed by atoms with E-state index in [-0.39, 0.29) is 11.8 Å². The zero-order valence-electron chi connectivity index (χ0n) is 10.3. The lowest BCUT2D eigenvalue weighted by Gasteiger charge is -2.14. The molecular weight excluding hydrogens is 331 g/mol. The molecule has 0 atom stereocenters. The van der Waals surface area contributed by atoms with E-state index in [4.69, 9.17) is 0 Å².